The summed E-state index contributed by atoms with van der Waals surface area (Å²) in [7, 11) is 0. The summed E-state index contributed by atoms with van der Waals surface area (Å²) in [5.41, 5.74) is 0.966. The molecule has 0 bridgehead atoms. The number of nitrogens with one attached hydrogen (secondary N) is 1. The van der Waals surface area contributed by atoms with Crippen LogP contribution in [0.15, 0.2) is 34.2 Å². The van der Waals surface area contributed by atoms with Crippen LogP contribution in [0.5, 0.6) is 0 Å². The zero-order chi connectivity index (χ0) is 9.97. The second-order valence-electron chi connectivity index (χ2n) is 2.94. The van der Waals surface area contributed by atoms with Gasteiger partial charge in [0.1, 0.15) is 12.4 Å². The number of amidine groups is 1. The molecule has 0 unspecified atom stereocenters. The van der Waals surface area contributed by atoms with Gasteiger partial charge in [0.05, 0.1) is 0 Å². The molecule has 0 fully saturated rings. The van der Waals surface area contributed by atoms with Crippen molar-refractivity contribution in [3.63, 3.8) is 0 Å². The van der Waals surface area contributed by atoms with E-state index in [0.29, 0.717) is 5.84 Å². The predicted molar refractivity (Wildman–Crippen MR) is 57.8 cm³/mol. The molecule has 1 aliphatic rings. The molecule has 0 aliphatic carbocycles. The Balaban J connectivity index is 2.21. The fraction of sp³-hybridized carbons (Fsp3) is 0.200. The number of carbonyl (C=O) groups is 1. The fourth-order valence-corrected chi connectivity index (χ4v) is 1.68. The highest BCUT2D eigenvalue weighted by Crippen LogP contribution is 2.15. The summed E-state index contributed by atoms with van der Waals surface area (Å²) in [6.45, 7) is 0.250. The van der Waals surface area contributed by atoms with Crippen LogP contribution in [0.25, 0.3) is 0 Å². The standard InChI is InChI=1S/C10H10N2OS/c1-14-8-4-2-7(3-5-8)10-11-6-9(13)12-10/h2-5H,6H2,1H3,(H,11,12,13). The van der Waals surface area contributed by atoms with E-state index in [0.717, 1.165) is 5.56 Å². The largest absolute Gasteiger partial charge is 0.309 e. The number of rotatable bonds is 2. The molecule has 3 nitrogen and oxygen atoms in total. The van der Waals surface area contributed by atoms with Crippen LogP contribution in [0.1, 0.15) is 5.56 Å². The van der Waals surface area contributed by atoms with Gasteiger partial charge in [-0.1, -0.05) is 12.1 Å². The third-order valence-electron chi connectivity index (χ3n) is 2.00. The predicted octanol–water partition coefficient (Wildman–Crippen LogP) is 1.28. The molecule has 0 aromatic heterocycles. The van der Waals surface area contributed by atoms with Crippen molar-refractivity contribution in [1.82, 2.24) is 5.32 Å². The van der Waals surface area contributed by atoms with Crippen molar-refractivity contribution < 1.29 is 4.79 Å². The Morgan fingerprint density at radius 2 is 2.07 bits per heavy atom. The van der Waals surface area contributed by atoms with Crippen LogP contribution in [0.4, 0.5) is 0 Å². The Kier molecular flexibility index (Phi) is 2.54. The number of thioether (sulfide) groups is 1. The Labute approximate surface area is 86.6 Å². The average Bonchev–Trinajstić information content (AvgIpc) is 2.65. The average molecular weight is 206 g/mol. The Hall–Kier alpha value is -1.29. The molecule has 1 aliphatic heterocycles. The van der Waals surface area contributed by atoms with Gasteiger partial charge in [-0.2, -0.15) is 0 Å². The first-order valence-corrected chi connectivity index (χ1v) is 5.51. The Morgan fingerprint density at radius 1 is 1.36 bits per heavy atom. The lowest BCUT2D eigenvalue weighted by Crippen LogP contribution is -2.25. The minimum atomic E-state index is -0.0334. The van der Waals surface area contributed by atoms with E-state index in [1.807, 2.05) is 30.5 Å². The summed E-state index contributed by atoms with van der Waals surface area (Å²) in [6.07, 6.45) is 2.03. The summed E-state index contributed by atoms with van der Waals surface area (Å²) in [5.74, 6) is 0.650. The van der Waals surface area contributed by atoms with Gasteiger partial charge in [-0.05, 0) is 18.4 Å². The van der Waals surface area contributed by atoms with E-state index in [2.05, 4.69) is 10.3 Å². The van der Waals surface area contributed by atoms with Crippen molar-refractivity contribution in [1.29, 1.82) is 0 Å². The molecule has 14 heavy (non-hydrogen) atoms. The van der Waals surface area contributed by atoms with Crippen LogP contribution in [-0.4, -0.2) is 24.5 Å². The summed E-state index contributed by atoms with van der Waals surface area (Å²) in [5, 5.41) is 2.71. The number of amides is 1. The molecule has 1 heterocycles. The summed E-state index contributed by atoms with van der Waals surface area (Å²) in [4.78, 5) is 16.2. The van der Waals surface area contributed by atoms with Crippen LogP contribution in [0.2, 0.25) is 0 Å². The maximum Gasteiger partial charge on any atom is 0.247 e. The lowest BCUT2D eigenvalue weighted by Gasteiger charge is -2.01. The minimum absolute atomic E-state index is 0.0334. The van der Waals surface area contributed by atoms with Crippen molar-refractivity contribution in [3.8, 4) is 0 Å². The minimum Gasteiger partial charge on any atom is -0.309 e. The van der Waals surface area contributed by atoms with Crippen molar-refractivity contribution >= 4 is 23.5 Å². The van der Waals surface area contributed by atoms with E-state index in [1.165, 1.54) is 4.90 Å². The molecule has 72 valence electrons. The molecule has 1 aromatic rings. The molecule has 0 saturated carbocycles. The number of nitrogens with zero attached hydrogens (tertiary/aromatic N) is 1. The van der Waals surface area contributed by atoms with Gasteiger partial charge in [-0.3, -0.25) is 9.79 Å². The number of benzene rings is 1. The smallest absolute Gasteiger partial charge is 0.247 e. The molecule has 0 spiro atoms. The zero-order valence-electron chi connectivity index (χ0n) is 7.78. The third-order valence-corrected chi connectivity index (χ3v) is 2.75. The number of carbonyl (C=O) groups excluding carboxylic acids is 1. The van der Waals surface area contributed by atoms with Gasteiger partial charge in [-0.15, -0.1) is 11.8 Å². The van der Waals surface area contributed by atoms with Gasteiger partial charge < -0.3 is 5.32 Å². The van der Waals surface area contributed by atoms with Gasteiger partial charge in [-0.25, -0.2) is 0 Å². The highest BCUT2D eigenvalue weighted by Gasteiger charge is 2.14. The zero-order valence-corrected chi connectivity index (χ0v) is 8.60. The van der Waals surface area contributed by atoms with Crippen molar-refractivity contribution in [2.45, 2.75) is 4.90 Å². The second kappa shape index (κ2) is 3.84. The van der Waals surface area contributed by atoms with Crippen molar-refractivity contribution in [3.05, 3.63) is 29.8 Å². The molecule has 4 heteroatoms. The van der Waals surface area contributed by atoms with Gasteiger partial charge in [0.2, 0.25) is 5.91 Å². The number of hydrogen-bond donors (Lipinski definition) is 1. The SMILES string of the molecule is CSc1ccc(C2=NCC(=O)N2)cc1. The quantitative estimate of drug-likeness (QED) is 0.741. The first-order valence-electron chi connectivity index (χ1n) is 4.28. The van der Waals surface area contributed by atoms with Gasteiger partial charge in [0, 0.05) is 10.5 Å². The molecule has 2 rings (SSSR count). The van der Waals surface area contributed by atoms with Crippen molar-refractivity contribution in [2.24, 2.45) is 4.99 Å². The van der Waals surface area contributed by atoms with Gasteiger partial charge in [0.15, 0.2) is 0 Å². The van der Waals surface area contributed by atoms with Crippen molar-refractivity contribution in [2.75, 3.05) is 12.8 Å². The van der Waals surface area contributed by atoms with Crippen LogP contribution in [-0.2, 0) is 4.79 Å². The van der Waals surface area contributed by atoms with Crippen LogP contribution < -0.4 is 5.32 Å². The fourth-order valence-electron chi connectivity index (χ4n) is 1.27. The molecule has 0 atom stereocenters. The number of hydrogen-bond acceptors (Lipinski definition) is 3. The topological polar surface area (TPSA) is 41.5 Å². The van der Waals surface area contributed by atoms with E-state index in [1.54, 1.807) is 11.8 Å². The normalized spacial score (nSPS) is 15.2. The van der Waals surface area contributed by atoms with E-state index < -0.39 is 0 Å². The lowest BCUT2D eigenvalue weighted by atomic mass is 10.2. The van der Waals surface area contributed by atoms with Gasteiger partial charge >= 0.3 is 0 Å². The second-order valence-corrected chi connectivity index (χ2v) is 3.82. The van der Waals surface area contributed by atoms with E-state index in [9.17, 15) is 4.79 Å². The van der Waals surface area contributed by atoms with E-state index in [-0.39, 0.29) is 12.5 Å². The maximum absolute atomic E-state index is 10.9. The van der Waals surface area contributed by atoms with E-state index >= 15 is 0 Å². The van der Waals surface area contributed by atoms with E-state index in [4.69, 9.17) is 0 Å². The Bertz CT molecular complexity index is 384. The highest BCUT2D eigenvalue weighted by atomic mass is 32.2. The Morgan fingerprint density at radius 3 is 2.57 bits per heavy atom. The molecule has 0 saturated heterocycles. The van der Waals surface area contributed by atoms with Crippen LogP contribution in [0, 0.1) is 0 Å². The summed E-state index contributed by atoms with van der Waals surface area (Å²) < 4.78 is 0. The van der Waals surface area contributed by atoms with Gasteiger partial charge in [0.25, 0.3) is 0 Å². The first-order chi connectivity index (χ1) is 6.79. The molecule has 0 radical (unpaired) electrons. The molecular weight excluding hydrogens is 196 g/mol. The molecule has 1 N–H and O–H groups in total. The summed E-state index contributed by atoms with van der Waals surface area (Å²) >= 11 is 1.69. The first kappa shape index (κ1) is 9.27. The maximum atomic E-state index is 10.9. The lowest BCUT2D eigenvalue weighted by molar-refractivity contribution is -0.117. The van der Waals surface area contributed by atoms with Crippen LogP contribution in [0.3, 0.4) is 0 Å². The summed E-state index contributed by atoms with van der Waals surface area (Å²) in [6, 6.07) is 7.98. The molecular formula is C10H10N2OS. The molecule has 1 amide bonds. The monoisotopic (exact) mass is 206 g/mol. The third kappa shape index (κ3) is 1.80. The highest BCUT2D eigenvalue weighted by molar-refractivity contribution is 7.98. The van der Waals surface area contributed by atoms with Crippen LogP contribution >= 0.6 is 11.8 Å². The molecule has 1 aromatic carbocycles. The number of aliphatic imine (C=N–C) groups is 1.